The van der Waals surface area contributed by atoms with E-state index in [0.29, 0.717) is 28.3 Å². The summed E-state index contributed by atoms with van der Waals surface area (Å²) in [4.78, 5) is 32.5. The van der Waals surface area contributed by atoms with Gasteiger partial charge in [0.15, 0.2) is 11.6 Å². The summed E-state index contributed by atoms with van der Waals surface area (Å²) in [7, 11) is 1.31. The van der Waals surface area contributed by atoms with Crippen LogP contribution in [0.15, 0.2) is 54.9 Å². The van der Waals surface area contributed by atoms with Crippen molar-refractivity contribution >= 4 is 40.6 Å². The first-order valence-electron chi connectivity index (χ1n) is 9.13. The van der Waals surface area contributed by atoms with Gasteiger partial charge in [-0.15, -0.1) is 0 Å². The van der Waals surface area contributed by atoms with Gasteiger partial charge in [0.2, 0.25) is 0 Å². The van der Waals surface area contributed by atoms with E-state index in [1.807, 2.05) is 0 Å². The topological polar surface area (TPSA) is 128 Å². The van der Waals surface area contributed by atoms with Gasteiger partial charge in [0, 0.05) is 0 Å². The molecule has 0 amide bonds. The summed E-state index contributed by atoms with van der Waals surface area (Å²) in [5.41, 5.74) is 8.10. The van der Waals surface area contributed by atoms with Crippen LogP contribution in [0.3, 0.4) is 0 Å². The minimum absolute atomic E-state index is 0.204. The van der Waals surface area contributed by atoms with Gasteiger partial charge in [-0.2, -0.15) is 0 Å². The number of nitrogen functional groups attached to an aromatic ring is 1. The van der Waals surface area contributed by atoms with Crippen molar-refractivity contribution in [3.8, 4) is 0 Å². The van der Waals surface area contributed by atoms with Gasteiger partial charge in [-0.25, -0.2) is 19.6 Å². The molecule has 0 spiro atoms. The molecule has 0 fully saturated rings. The Morgan fingerprint density at radius 3 is 1.90 bits per heavy atom. The number of rotatable bonds is 7. The zero-order valence-corrected chi connectivity index (χ0v) is 16.5. The maximum Gasteiger partial charge on any atom is 0.340 e. The van der Waals surface area contributed by atoms with Crippen LogP contribution in [0.25, 0.3) is 0 Å². The molecule has 30 heavy (non-hydrogen) atoms. The van der Waals surface area contributed by atoms with E-state index in [-0.39, 0.29) is 18.1 Å². The molecule has 0 radical (unpaired) electrons. The molecule has 1 aromatic heterocycles. The van der Waals surface area contributed by atoms with E-state index in [0.717, 1.165) is 0 Å². The number of nitrogens with one attached hydrogen (secondary N) is 2. The number of nitrogens with two attached hydrogens (primary N) is 1. The van der Waals surface area contributed by atoms with Crippen LogP contribution in [-0.2, 0) is 9.47 Å². The number of aromatic nitrogens is 2. The predicted molar refractivity (Wildman–Crippen MR) is 113 cm³/mol. The summed E-state index contributed by atoms with van der Waals surface area (Å²) in [6, 6.07) is 13.7. The van der Waals surface area contributed by atoms with Gasteiger partial charge >= 0.3 is 11.9 Å². The third-order valence-electron chi connectivity index (χ3n) is 4.14. The summed E-state index contributed by atoms with van der Waals surface area (Å²) in [6.45, 7) is 2.00. The monoisotopic (exact) mass is 407 g/mol. The summed E-state index contributed by atoms with van der Waals surface area (Å²) in [6.07, 6.45) is 1.31. The molecular weight excluding hydrogens is 386 g/mol. The molecule has 0 saturated heterocycles. The summed E-state index contributed by atoms with van der Waals surface area (Å²) in [5.74, 6) is -0.372. The highest BCUT2D eigenvalue weighted by molar-refractivity contribution is 5.98. The van der Waals surface area contributed by atoms with Crippen molar-refractivity contribution in [1.29, 1.82) is 0 Å². The van der Waals surface area contributed by atoms with E-state index in [1.165, 1.54) is 13.4 Å². The number of anilines is 5. The molecule has 3 rings (SSSR count). The minimum atomic E-state index is -0.493. The molecule has 9 heteroatoms. The highest BCUT2D eigenvalue weighted by atomic mass is 16.5. The van der Waals surface area contributed by atoms with Crippen molar-refractivity contribution < 1.29 is 19.1 Å². The van der Waals surface area contributed by atoms with Crippen molar-refractivity contribution in [2.45, 2.75) is 6.92 Å². The first-order valence-corrected chi connectivity index (χ1v) is 9.13. The molecule has 0 aliphatic rings. The molecule has 2 aromatic carbocycles. The van der Waals surface area contributed by atoms with Crippen LogP contribution in [0.5, 0.6) is 0 Å². The molecule has 1 heterocycles. The lowest BCUT2D eigenvalue weighted by atomic mass is 10.1. The van der Waals surface area contributed by atoms with Crippen LogP contribution < -0.4 is 16.4 Å². The highest BCUT2D eigenvalue weighted by Gasteiger charge is 2.17. The van der Waals surface area contributed by atoms with Crippen molar-refractivity contribution in [1.82, 2.24) is 9.97 Å². The highest BCUT2D eigenvalue weighted by Crippen LogP contribution is 2.30. The van der Waals surface area contributed by atoms with Gasteiger partial charge in [0.05, 0.1) is 36.2 Å². The van der Waals surface area contributed by atoms with Gasteiger partial charge in [-0.3, -0.25) is 0 Å². The Hall–Kier alpha value is -4.14. The average molecular weight is 407 g/mol. The van der Waals surface area contributed by atoms with Crippen molar-refractivity contribution in [3.05, 3.63) is 66.0 Å². The Morgan fingerprint density at radius 1 is 0.900 bits per heavy atom. The second-order valence-corrected chi connectivity index (χ2v) is 6.04. The number of hydrogen-bond donors (Lipinski definition) is 3. The fourth-order valence-electron chi connectivity index (χ4n) is 2.71. The Bertz CT molecular complexity index is 1070. The van der Waals surface area contributed by atoms with E-state index < -0.39 is 11.9 Å². The largest absolute Gasteiger partial charge is 0.465 e. The fraction of sp³-hybridized carbons (Fsp3) is 0.143. The Balaban J connectivity index is 1.91. The molecule has 0 aliphatic carbocycles. The molecule has 9 nitrogen and oxygen atoms in total. The fourth-order valence-corrected chi connectivity index (χ4v) is 2.71. The van der Waals surface area contributed by atoms with E-state index in [2.05, 4.69) is 20.6 Å². The first kappa shape index (κ1) is 20.6. The van der Waals surface area contributed by atoms with Crippen LogP contribution >= 0.6 is 0 Å². The maximum absolute atomic E-state index is 12.2. The zero-order chi connectivity index (χ0) is 21.5. The molecule has 0 saturated carbocycles. The number of para-hydroxylation sites is 2. The standard InChI is InChI=1S/C21H21N5O4/c1-3-30-21(28)14-9-5-7-11-16(14)26-19-17(22)18(23-12-24-19)25-15-10-6-4-8-13(15)20(27)29-2/h4-12H,3,22H2,1-2H3,(H2,23,24,25,26). The molecule has 0 bridgehead atoms. The Morgan fingerprint density at radius 2 is 1.40 bits per heavy atom. The maximum atomic E-state index is 12.2. The first-order chi connectivity index (χ1) is 14.5. The lowest BCUT2D eigenvalue weighted by Gasteiger charge is -2.15. The van der Waals surface area contributed by atoms with Crippen LogP contribution in [0.2, 0.25) is 0 Å². The molecule has 0 aliphatic heterocycles. The Labute approximate surface area is 173 Å². The summed E-state index contributed by atoms with van der Waals surface area (Å²) in [5, 5.41) is 6.08. The van der Waals surface area contributed by atoms with E-state index >= 15 is 0 Å². The van der Waals surface area contributed by atoms with Gasteiger partial charge < -0.3 is 25.8 Å². The van der Waals surface area contributed by atoms with Gasteiger partial charge in [0.1, 0.15) is 12.0 Å². The molecule has 3 aromatic rings. The second kappa shape index (κ2) is 9.37. The number of nitrogens with zero attached hydrogens (tertiary/aromatic N) is 2. The van der Waals surface area contributed by atoms with E-state index in [1.54, 1.807) is 55.5 Å². The number of ether oxygens (including phenoxy) is 2. The predicted octanol–water partition coefficient (Wildman–Crippen LogP) is 3.51. The average Bonchev–Trinajstić information content (AvgIpc) is 2.77. The number of methoxy groups -OCH3 is 1. The van der Waals surface area contributed by atoms with Crippen LogP contribution in [0.1, 0.15) is 27.6 Å². The molecular formula is C21H21N5O4. The van der Waals surface area contributed by atoms with Crippen molar-refractivity contribution in [2.75, 3.05) is 30.1 Å². The van der Waals surface area contributed by atoms with Crippen LogP contribution in [-0.4, -0.2) is 35.6 Å². The van der Waals surface area contributed by atoms with Crippen LogP contribution in [0, 0.1) is 0 Å². The normalized spacial score (nSPS) is 10.2. The quantitative estimate of drug-likeness (QED) is 0.504. The van der Waals surface area contributed by atoms with Gasteiger partial charge in [0.25, 0.3) is 0 Å². The second-order valence-electron chi connectivity index (χ2n) is 6.04. The molecule has 154 valence electrons. The van der Waals surface area contributed by atoms with E-state index in [9.17, 15) is 9.59 Å². The number of benzene rings is 2. The number of esters is 2. The molecule has 4 N–H and O–H groups in total. The lowest BCUT2D eigenvalue weighted by Crippen LogP contribution is -2.11. The van der Waals surface area contributed by atoms with Gasteiger partial charge in [-0.05, 0) is 31.2 Å². The lowest BCUT2D eigenvalue weighted by molar-refractivity contribution is 0.0526. The number of carbonyl (C=O) groups excluding carboxylic acids is 2. The van der Waals surface area contributed by atoms with Crippen molar-refractivity contribution in [3.63, 3.8) is 0 Å². The molecule has 0 atom stereocenters. The van der Waals surface area contributed by atoms with Crippen molar-refractivity contribution in [2.24, 2.45) is 0 Å². The third kappa shape index (κ3) is 4.46. The van der Waals surface area contributed by atoms with Gasteiger partial charge in [-0.1, -0.05) is 24.3 Å². The van der Waals surface area contributed by atoms with Crippen LogP contribution in [0.4, 0.5) is 28.7 Å². The van der Waals surface area contributed by atoms with E-state index in [4.69, 9.17) is 15.2 Å². The smallest absolute Gasteiger partial charge is 0.340 e. The molecule has 0 unspecified atom stereocenters. The summed E-state index contributed by atoms with van der Waals surface area (Å²) >= 11 is 0. The number of carbonyl (C=O) groups is 2. The number of hydrogen-bond acceptors (Lipinski definition) is 9. The Kier molecular flexibility index (Phi) is 6.43. The minimum Gasteiger partial charge on any atom is -0.465 e. The third-order valence-corrected chi connectivity index (χ3v) is 4.14. The SMILES string of the molecule is CCOC(=O)c1ccccc1Nc1ncnc(Nc2ccccc2C(=O)OC)c1N. The zero-order valence-electron chi connectivity index (χ0n) is 16.5. The summed E-state index contributed by atoms with van der Waals surface area (Å²) < 4.78 is 9.89.